The Labute approximate surface area is 183 Å². The maximum atomic E-state index is 12.5. The van der Waals surface area contributed by atoms with Gasteiger partial charge in [-0.1, -0.05) is 24.0 Å². The number of benzene rings is 2. The second kappa shape index (κ2) is 9.78. The Bertz CT molecular complexity index is 976. The molecule has 0 aromatic heterocycles. The number of hydrogen-bond donors (Lipinski definition) is 3. The SMILES string of the molecule is COC(=O)[C@@H](NC(=O)c1ccc(C#Cc2ccc(CNC3CC3)cc2)cc1)C(C)(C)N. The van der Waals surface area contributed by atoms with Crippen LogP contribution in [0.2, 0.25) is 0 Å². The van der Waals surface area contributed by atoms with Crippen LogP contribution in [0, 0.1) is 11.8 Å². The summed E-state index contributed by atoms with van der Waals surface area (Å²) in [6.07, 6.45) is 2.56. The van der Waals surface area contributed by atoms with Crippen LogP contribution in [0.4, 0.5) is 0 Å². The summed E-state index contributed by atoms with van der Waals surface area (Å²) in [6.45, 7) is 4.20. The van der Waals surface area contributed by atoms with E-state index in [4.69, 9.17) is 10.5 Å². The van der Waals surface area contributed by atoms with Crippen molar-refractivity contribution in [3.8, 4) is 11.8 Å². The van der Waals surface area contributed by atoms with Gasteiger partial charge in [-0.05, 0) is 68.7 Å². The summed E-state index contributed by atoms with van der Waals surface area (Å²) in [6, 6.07) is 14.8. The molecule has 6 nitrogen and oxygen atoms in total. The Balaban J connectivity index is 1.61. The van der Waals surface area contributed by atoms with Crippen LogP contribution in [0.25, 0.3) is 0 Å². The fourth-order valence-electron chi connectivity index (χ4n) is 2.99. The van der Waals surface area contributed by atoms with Gasteiger partial charge in [0.1, 0.15) is 6.04 Å². The molecule has 2 aromatic carbocycles. The molecule has 1 fully saturated rings. The number of methoxy groups -OCH3 is 1. The Morgan fingerprint density at radius 3 is 2.10 bits per heavy atom. The van der Waals surface area contributed by atoms with Gasteiger partial charge >= 0.3 is 5.97 Å². The van der Waals surface area contributed by atoms with Gasteiger partial charge in [0.2, 0.25) is 0 Å². The quantitative estimate of drug-likeness (QED) is 0.473. The van der Waals surface area contributed by atoms with Gasteiger partial charge in [0.25, 0.3) is 5.91 Å². The lowest BCUT2D eigenvalue weighted by Gasteiger charge is -2.28. The average molecular weight is 420 g/mol. The zero-order chi connectivity index (χ0) is 22.4. The van der Waals surface area contributed by atoms with Gasteiger partial charge in [0.15, 0.2) is 0 Å². The van der Waals surface area contributed by atoms with E-state index in [1.165, 1.54) is 25.5 Å². The van der Waals surface area contributed by atoms with Crippen LogP contribution < -0.4 is 16.4 Å². The summed E-state index contributed by atoms with van der Waals surface area (Å²) in [5.74, 6) is 5.26. The Morgan fingerprint density at radius 2 is 1.61 bits per heavy atom. The highest BCUT2D eigenvalue weighted by molar-refractivity contribution is 5.97. The third-order valence-electron chi connectivity index (χ3n) is 5.08. The number of ether oxygens (including phenoxy) is 1. The zero-order valence-corrected chi connectivity index (χ0v) is 18.2. The van der Waals surface area contributed by atoms with E-state index < -0.39 is 23.5 Å². The summed E-state index contributed by atoms with van der Waals surface area (Å²) in [4.78, 5) is 24.5. The van der Waals surface area contributed by atoms with Crippen molar-refractivity contribution in [2.45, 2.75) is 50.9 Å². The third kappa shape index (κ3) is 6.68. The first-order chi connectivity index (χ1) is 14.8. The molecule has 0 radical (unpaired) electrons. The molecule has 0 bridgehead atoms. The Hall–Kier alpha value is -3.14. The molecule has 3 rings (SSSR count). The first kappa shape index (κ1) is 22.5. The molecule has 0 heterocycles. The van der Waals surface area contributed by atoms with E-state index in [0.29, 0.717) is 11.6 Å². The fourth-order valence-corrected chi connectivity index (χ4v) is 2.99. The lowest BCUT2D eigenvalue weighted by atomic mass is 9.95. The first-order valence-corrected chi connectivity index (χ1v) is 10.4. The van der Waals surface area contributed by atoms with Gasteiger partial charge in [0.05, 0.1) is 7.11 Å². The van der Waals surface area contributed by atoms with Crippen LogP contribution in [0.5, 0.6) is 0 Å². The number of esters is 1. The van der Waals surface area contributed by atoms with Crippen LogP contribution in [0.3, 0.4) is 0 Å². The maximum Gasteiger partial charge on any atom is 0.330 e. The summed E-state index contributed by atoms with van der Waals surface area (Å²) < 4.78 is 4.75. The summed E-state index contributed by atoms with van der Waals surface area (Å²) in [7, 11) is 1.26. The molecular formula is C25H29N3O3. The molecule has 6 heteroatoms. The van der Waals surface area contributed by atoms with Crippen LogP contribution in [0.1, 0.15) is 53.7 Å². The Kier molecular flexibility index (Phi) is 7.11. The molecule has 31 heavy (non-hydrogen) atoms. The monoisotopic (exact) mass is 419 g/mol. The van der Waals surface area contributed by atoms with Crippen LogP contribution in [0.15, 0.2) is 48.5 Å². The van der Waals surface area contributed by atoms with E-state index in [2.05, 4.69) is 34.6 Å². The molecule has 2 aromatic rings. The molecule has 162 valence electrons. The normalized spacial score (nSPS) is 14.2. The van der Waals surface area contributed by atoms with Crippen LogP contribution in [-0.4, -0.2) is 36.6 Å². The van der Waals surface area contributed by atoms with Crippen LogP contribution in [-0.2, 0) is 16.1 Å². The largest absolute Gasteiger partial charge is 0.467 e. The molecule has 4 N–H and O–H groups in total. The first-order valence-electron chi connectivity index (χ1n) is 10.4. The number of carbonyl (C=O) groups excluding carboxylic acids is 2. The van der Waals surface area contributed by atoms with E-state index in [0.717, 1.165) is 17.7 Å². The van der Waals surface area contributed by atoms with Crippen molar-refractivity contribution in [2.75, 3.05) is 7.11 Å². The van der Waals surface area contributed by atoms with Crippen molar-refractivity contribution >= 4 is 11.9 Å². The van der Waals surface area contributed by atoms with Crippen molar-refractivity contribution in [1.82, 2.24) is 10.6 Å². The molecular weight excluding hydrogens is 390 g/mol. The smallest absolute Gasteiger partial charge is 0.330 e. The average Bonchev–Trinajstić information content (AvgIpc) is 3.59. The number of nitrogens with two attached hydrogens (primary N) is 1. The predicted octanol–water partition coefficient (Wildman–Crippen LogP) is 2.35. The molecule has 1 aliphatic rings. The maximum absolute atomic E-state index is 12.5. The lowest BCUT2D eigenvalue weighted by Crippen LogP contribution is -2.59. The molecule has 1 amide bonds. The van der Waals surface area contributed by atoms with Crippen molar-refractivity contribution < 1.29 is 14.3 Å². The van der Waals surface area contributed by atoms with E-state index in [-0.39, 0.29) is 0 Å². The Morgan fingerprint density at radius 1 is 1.06 bits per heavy atom. The molecule has 1 aliphatic carbocycles. The van der Waals surface area contributed by atoms with E-state index in [9.17, 15) is 9.59 Å². The minimum Gasteiger partial charge on any atom is -0.467 e. The van der Waals surface area contributed by atoms with Gasteiger partial charge in [-0.25, -0.2) is 4.79 Å². The zero-order valence-electron chi connectivity index (χ0n) is 18.2. The van der Waals surface area contributed by atoms with Crippen molar-refractivity contribution in [2.24, 2.45) is 5.73 Å². The van der Waals surface area contributed by atoms with Crippen molar-refractivity contribution in [1.29, 1.82) is 0 Å². The highest BCUT2D eigenvalue weighted by atomic mass is 16.5. The lowest BCUT2D eigenvalue weighted by molar-refractivity contribution is -0.144. The summed E-state index contributed by atoms with van der Waals surface area (Å²) in [5.41, 5.74) is 8.43. The van der Waals surface area contributed by atoms with Crippen LogP contribution >= 0.6 is 0 Å². The van der Waals surface area contributed by atoms with Gasteiger partial charge in [-0.2, -0.15) is 0 Å². The molecule has 0 aliphatic heterocycles. The molecule has 1 atom stereocenters. The van der Waals surface area contributed by atoms with E-state index in [1.54, 1.807) is 38.1 Å². The standard InChI is InChI=1S/C25H29N3O3/c1-25(2,26)22(24(30)31-3)28-23(29)20-12-10-18(11-13-20)5-4-17-6-8-19(9-7-17)16-27-21-14-15-21/h6-13,21-22,27H,14-16,26H2,1-3H3,(H,28,29)/t22-/m1/s1. The highest BCUT2D eigenvalue weighted by Gasteiger charge is 2.34. The van der Waals surface area contributed by atoms with E-state index in [1.807, 2.05) is 12.1 Å². The number of nitrogens with one attached hydrogen (secondary N) is 2. The summed E-state index contributed by atoms with van der Waals surface area (Å²) in [5, 5.41) is 6.14. The van der Waals surface area contributed by atoms with Gasteiger partial charge in [-0.15, -0.1) is 0 Å². The van der Waals surface area contributed by atoms with E-state index >= 15 is 0 Å². The molecule has 0 saturated heterocycles. The molecule has 0 unspecified atom stereocenters. The molecule has 0 spiro atoms. The topological polar surface area (TPSA) is 93.4 Å². The third-order valence-corrected chi connectivity index (χ3v) is 5.08. The minimum atomic E-state index is -0.961. The molecule has 1 saturated carbocycles. The van der Waals surface area contributed by atoms with Crippen molar-refractivity contribution in [3.63, 3.8) is 0 Å². The van der Waals surface area contributed by atoms with Gasteiger partial charge in [-0.3, -0.25) is 4.79 Å². The fraction of sp³-hybridized carbons (Fsp3) is 0.360. The number of rotatable bonds is 7. The predicted molar refractivity (Wildman–Crippen MR) is 120 cm³/mol. The minimum absolute atomic E-state index is 0.399. The second-order valence-electron chi connectivity index (χ2n) is 8.43. The number of amides is 1. The summed E-state index contributed by atoms with van der Waals surface area (Å²) >= 11 is 0. The number of carbonyl (C=O) groups is 2. The van der Waals surface area contributed by atoms with Crippen molar-refractivity contribution in [3.05, 3.63) is 70.8 Å². The van der Waals surface area contributed by atoms with Gasteiger partial charge in [0, 0.05) is 34.8 Å². The van der Waals surface area contributed by atoms with Gasteiger partial charge < -0.3 is 21.1 Å². The highest BCUT2D eigenvalue weighted by Crippen LogP contribution is 2.19. The second-order valence-corrected chi connectivity index (χ2v) is 8.43. The number of hydrogen-bond acceptors (Lipinski definition) is 5.